The van der Waals surface area contributed by atoms with E-state index in [1.165, 1.54) is 21.5 Å². The average Bonchev–Trinajstić information content (AvgIpc) is 3.32. The molecule has 9 aromatic rings. The molecule has 5 nitrogen and oxygen atoms in total. The Morgan fingerprint density at radius 1 is 0.339 bits per heavy atom. The highest BCUT2D eigenvalue weighted by Crippen LogP contribution is 2.49. The van der Waals surface area contributed by atoms with Crippen molar-refractivity contribution in [2.45, 2.75) is 4.90 Å². The van der Waals surface area contributed by atoms with Crippen LogP contribution in [0.2, 0.25) is 0 Å². The van der Waals surface area contributed by atoms with E-state index in [0.717, 1.165) is 90.4 Å². The third-order valence-corrected chi connectivity index (χ3v) is 13.7. The van der Waals surface area contributed by atoms with Crippen molar-refractivity contribution >= 4 is 80.5 Å². The Bertz CT molecular complexity index is 2930. The molecule has 4 heterocycles. The molecule has 13 rings (SSSR count). The lowest BCUT2D eigenvalue weighted by molar-refractivity contribution is 0.462. The van der Waals surface area contributed by atoms with Gasteiger partial charge in [0.05, 0.1) is 11.4 Å². The Labute approximate surface area is 364 Å². The van der Waals surface area contributed by atoms with Crippen molar-refractivity contribution in [1.29, 1.82) is 0 Å². The summed E-state index contributed by atoms with van der Waals surface area (Å²) in [5.74, 6) is 3.97. The fraction of sp³-hybridized carbons (Fsp3) is 0. The first-order valence-electron chi connectivity index (χ1n) is 21.0. The molecule has 0 radical (unpaired) electrons. The molecule has 0 amide bonds. The van der Waals surface area contributed by atoms with E-state index in [1.54, 1.807) is 0 Å². The van der Waals surface area contributed by atoms with Gasteiger partial charge in [0.2, 0.25) is 0 Å². The highest BCUT2D eigenvalue weighted by Gasteiger charge is 2.45. The van der Waals surface area contributed by atoms with E-state index in [4.69, 9.17) is 14.1 Å². The molecule has 9 aromatic carbocycles. The number of anilines is 6. The van der Waals surface area contributed by atoms with Crippen LogP contribution in [-0.2, 0) is 0 Å². The van der Waals surface area contributed by atoms with Crippen LogP contribution in [0.3, 0.4) is 0 Å². The number of hydrogen-bond acceptors (Lipinski definition) is 6. The SMILES string of the molecule is c1ccc(N(c2ccccc2)c2cc3c4c(c2)-c2ccccc2OB4c2cc4c(cc2O3)Oc2cc(N(c3ccccc3)c3ccccc3)cc3c2B4Sc2ccccc2-3)cc1. The zero-order valence-corrected chi connectivity index (χ0v) is 34.1. The van der Waals surface area contributed by atoms with Gasteiger partial charge >= 0.3 is 6.92 Å². The van der Waals surface area contributed by atoms with Crippen LogP contribution in [0.4, 0.5) is 34.1 Å². The highest BCUT2D eigenvalue weighted by atomic mass is 32.2. The van der Waals surface area contributed by atoms with Crippen LogP contribution in [0.1, 0.15) is 0 Å². The van der Waals surface area contributed by atoms with Crippen LogP contribution in [0.25, 0.3) is 22.3 Å². The van der Waals surface area contributed by atoms with E-state index in [2.05, 4.69) is 216 Å². The maximum Gasteiger partial charge on any atom is 0.434 e. The van der Waals surface area contributed by atoms with Crippen LogP contribution in [0, 0.1) is 0 Å². The number of nitrogens with zero attached hydrogens (tertiary/aromatic N) is 2. The summed E-state index contributed by atoms with van der Waals surface area (Å²) in [6.45, 7) is -0.380. The summed E-state index contributed by atoms with van der Waals surface area (Å²) in [7, 11) is 0. The predicted octanol–water partition coefficient (Wildman–Crippen LogP) is 11.9. The minimum absolute atomic E-state index is 0.00989. The summed E-state index contributed by atoms with van der Waals surface area (Å²) in [4.78, 5) is 5.84. The Balaban J connectivity index is 0.983. The van der Waals surface area contributed by atoms with Gasteiger partial charge in [0.1, 0.15) is 28.7 Å². The molecule has 0 fully saturated rings. The summed E-state index contributed by atoms with van der Waals surface area (Å²) in [5.41, 5.74) is 15.1. The van der Waals surface area contributed by atoms with Gasteiger partial charge in [-0.2, -0.15) is 11.6 Å². The summed E-state index contributed by atoms with van der Waals surface area (Å²) in [6.07, 6.45) is 0. The Hall–Kier alpha value is -7.54. The highest BCUT2D eigenvalue weighted by molar-refractivity contribution is 8.28. The van der Waals surface area contributed by atoms with E-state index in [9.17, 15) is 0 Å². The molecule has 0 spiro atoms. The molecule has 0 N–H and O–H groups in total. The van der Waals surface area contributed by atoms with Crippen LogP contribution in [0.5, 0.6) is 28.7 Å². The number of hydrogen-bond donors (Lipinski definition) is 0. The van der Waals surface area contributed by atoms with Crippen molar-refractivity contribution < 1.29 is 14.1 Å². The number of para-hydroxylation sites is 5. The molecule has 0 aliphatic carbocycles. The Kier molecular flexibility index (Phi) is 7.97. The summed E-state index contributed by atoms with van der Waals surface area (Å²) in [5, 5.41) is 0. The van der Waals surface area contributed by atoms with Gasteiger partial charge in [-0.3, -0.25) is 0 Å². The van der Waals surface area contributed by atoms with Crippen LogP contribution in [0.15, 0.2) is 211 Å². The zero-order chi connectivity index (χ0) is 40.7. The second-order valence-electron chi connectivity index (χ2n) is 15.9. The van der Waals surface area contributed by atoms with Crippen molar-refractivity contribution in [3.05, 3.63) is 206 Å². The van der Waals surface area contributed by atoms with Crippen molar-refractivity contribution in [2.24, 2.45) is 0 Å². The number of fused-ring (bicyclic) bond motifs is 8. The first kappa shape index (κ1) is 35.2. The molecular formula is C54H34B2N2O3S. The lowest BCUT2D eigenvalue weighted by atomic mass is 9.48. The van der Waals surface area contributed by atoms with Gasteiger partial charge in [0.25, 0.3) is 5.99 Å². The number of benzene rings is 9. The lowest BCUT2D eigenvalue weighted by Crippen LogP contribution is -2.56. The minimum Gasteiger partial charge on any atom is -0.551 e. The maximum absolute atomic E-state index is 7.13. The molecule has 8 heteroatoms. The molecule has 4 aliphatic heterocycles. The second kappa shape index (κ2) is 14.0. The summed E-state index contributed by atoms with van der Waals surface area (Å²) < 4.78 is 21.3. The smallest absolute Gasteiger partial charge is 0.434 e. The number of rotatable bonds is 6. The first-order valence-corrected chi connectivity index (χ1v) is 21.8. The Morgan fingerprint density at radius 2 is 0.806 bits per heavy atom. The quantitative estimate of drug-likeness (QED) is 0.156. The molecule has 0 unspecified atom stereocenters. The summed E-state index contributed by atoms with van der Waals surface area (Å²) >= 11 is 1.89. The van der Waals surface area contributed by atoms with Crippen LogP contribution < -0.4 is 45.8 Å². The molecule has 4 aliphatic rings. The van der Waals surface area contributed by atoms with Crippen molar-refractivity contribution in [3.63, 3.8) is 0 Å². The summed E-state index contributed by atoms with van der Waals surface area (Å²) in [6, 6.07) is 72.6. The van der Waals surface area contributed by atoms with E-state index < -0.39 is 0 Å². The standard InChI is InChI=1S/C54H34B2N2O3S/c1-5-17-35(18-6-1)57(36-19-7-2-8-20-36)39-29-43-41-25-13-15-27-47(41)61-55-45-33-46-49(34-48(45)59-50(31-39)53(43)55)60-51-32-40(30-44-42-26-14-16-28-52(42)62-56(46)54(44)51)58(37-21-9-3-10-22-37)38-23-11-4-12-24-38/h1-34H. The molecule has 0 saturated carbocycles. The third kappa shape index (κ3) is 5.53. The predicted molar refractivity (Wildman–Crippen MR) is 256 cm³/mol. The van der Waals surface area contributed by atoms with Crippen LogP contribution >= 0.6 is 11.6 Å². The molecule has 290 valence electrons. The van der Waals surface area contributed by atoms with Gasteiger partial charge in [-0.15, -0.1) is 0 Å². The molecule has 0 atom stereocenters. The van der Waals surface area contributed by atoms with Crippen molar-refractivity contribution in [2.75, 3.05) is 9.80 Å². The monoisotopic (exact) mass is 812 g/mol. The minimum atomic E-state index is -0.380. The van der Waals surface area contributed by atoms with E-state index in [-0.39, 0.29) is 12.9 Å². The van der Waals surface area contributed by atoms with Gasteiger partial charge in [0.15, 0.2) is 0 Å². The fourth-order valence-electron chi connectivity index (χ4n) is 9.65. The van der Waals surface area contributed by atoms with Gasteiger partial charge in [-0.1, -0.05) is 115 Å². The second-order valence-corrected chi connectivity index (χ2v) is 17.1. The molecule has 62 heavy (non-hydrogen) atoms. The maximum atomic E-state index is 7.13. The van der Waals surface area contributed by atoms with Gasteiger partial charge in [0, 0.05) is 62.3 Å². The van der Waals surface area contributed by atoms with Crippen molar-refractivity contribution in [1.82, 2.24) is 0 Å². The zero-order valence-electron chi connectivity index (χ0n) is 33.3. The van der Waals surface area contributed by atoms with Gasteiger partial charge in [-0.25, -0.2) is 0 Å². The lowest BCUT2D eigenvalue weighted by Gasteiger charge is -2.37. The number of ether oxygens (including phenoxy) is 2. The largest absolute Gasteiger partial charge is 0.551 e. The van der Waals surface area contributed by atoms with Gasteiger partial charge < -0.3 is 23.9 Å². The first-order chi connectivity index (χ1) is 30.7. The topological polar surface area (TPSA) is 34.2 Å². The van der Waals surface area contributed by atoms with Gasteiger partial charge in [-0.05, 0) is 100 Å². The van der Waals surface area contributed by atoms with Crippen molar-refractivity contribution in [3.8, 4) is 51.0 Å². The third-order valence-electron chi connectivity index (χ3n) is 12.3. The Morgan fingerprint density at radius 3 is 1.39 bits per heavy atom. The van der Waals surface area contributed by atoms with E-state index >= 15 is 0 Å². The van der Waals surface area contributed by atoms with E-state index in [1.807, 2.05) is 11.6 Å². The van der Waals surface area contributed by atoms with Crippen LogP contribution in [-0.4, -0.2) is 12.9 Å². The molecule has 0 aromatic heterocycles. The van der Waals surface area contributed by atoms with E-state index in [0.29, 0.717) is 0 Å². The molecule has 0 saturated heterocycles. The normalized spacial score (nSPS) is 13.1. The molecule has 0 bridgehead atoms. The average molecular weight is 813 g/mol. The molecular weight excluding hydrogens is 778 g/mol. The fourth-order valence-corrected chi connectivity index (χ4v) is 11.0.